The molecule has 0 aliphatic carbocycles. The van der Waals surface area contributed by atoms with Crippen molar-refractivity contribution in [2.75, 3.05) is 97.3 Å². The summed E-state index contributed by atoms with van der Waals surface area (Å²) >= 11 is 0. The number of hydrogen-bond acceptors (Lipinski definition) is 39. The van der Waals surface area contributed by atoms with Crippen molar-refractivity contribution in [2.24, 2.45) is 0 Å². The Morgan fingerprint density at radius 1 is 0.449 bits per heavy atom. The highest BCUT2D eigenvalue weighted by molar-refractivity contribution is 7.72. The summed E-state index contributed by atoms with van der Waals surface area (Å²) in [6.45, 7) is 2.36. The molecule has 64 heteroatoms. The summed E-state index contributed by atoms with van der Waals surface area (Å²) in [5.41, 5.74) is -0.369. The highest BCUT2D eigenvalue weighted by atomic mass is 31.3. The second kappa shape index (κ2) is 50.1. The number of phosphoric ester groups is 4. The Balaban J connectivity index is 0.540. The summed E-state index contributed by atoms with van der Waals surface area (Å²) in [5.74, 6) is -0.440. The molecule has 4 aromatic heterocycles. The van der Waals surface area contributed by atoms with E-state index in [9.17, 15) is 129 Å². The number of phosphoric acid groups is 8. The first-order valence-corrected chi connectivity index (χ1v) is 53.9. The number of hydrogen-bond donors (Lipinski definition) is 14. The number of anilines is 1. The Hall–Kier alpha value is -7.05. The van der Waals surface area contributed by atoms with Crippen molar-refractivity contribution < 1.29 is 182 Å². The van der Waals surface area contributed by atoms with Crippen molar-refractivity contribution in [1.29, 1.82) is 0 Å². The van der Waals surface area contributed by atoms with E-state index in [1.807, 2.05) is 47.4 Å². The maximum atomic E-state index is 14.2. The number of aromatic amines is 3. The Kier molecular flexibility index (Phi) is 40.8. The van der Waals surface area contributed by atoms with Crippen molar-refractivity contribution >= 4 is 85.9 Å². The number of benzene rings is 2. The molecule has 4 aliphatic rings. The molecule has 3 fully saturated rings. The number of ether oxygens (including phenoxy) is 7. The maximum Gasteiger partial charge on any atom is 0.490 e. The number of H-pyrrole nitrogens is 3. The van der Waals surface area contributed by atoms with Crippen LogP contribution < -0.4 is 44.0 Å². The molecule has 0 bridgehead atoms. The predicted molar refractivity (Wildman–Crippen MR) is 463 cm³/mol. The van der Waals surface area contributed by atoms with Crippen LogP contribution >= 0.6 is 62.6 Å². The third kappa shape index (κ3) is 34.4. The van der Waals surface area contributed by atoms with E-state index < -0.39 is 185 Å². The lowest BCUT2D eigenvalue weighted by molar-refractivity contribution is -0.121. The first-order valence-electron chi connectivity index (χ1n) is 42.0. The van der Waals surface area contributed by atoms with E-state index in [2.05, 4.69) is 56.2 Å². The number of Topliss-reactive ketones (excluding diaryl/α,β-unsaturated/α-hetero) is 1. The van der Waals surface area contributed by atoms with Gasteiger partial charge in [-0.1, -0.05) is 60.5 Å². The number of aryl methyl sites for hydroxylation is 4. The standard InChI is InChI=1S/C72H105N11O45P8/c1-46-39-80(70(92)74-67(46)89)62-36-54(85)57(120-62)43-118-130(97,98)123-56-38-64(82-41-48(3)69(91)76-72(82)94)122-59(56)45-117-129(95,96)116-35-34-114-33-32-113-31-30-112-29-28-111-26-15-18-50(84)17-7-11-23-61(88)79-42-49-16-6-8-19-51(49)66-65(52-20-9-10-21-53(52)79)77-78-83(66)25-14-22-60(87)73-24-12-4-5-13-27-115-131(99,100)124-133(103,104)126-135(107,108)128-136(109,110)127-134(105,106)125-132(101,102)119-44-58-55(86)37-63(121-58)81-40-47(2)68(90)75-71(81)93/h6,8-10,16,19-21,39-41,54-59,62-64,85-86H,4-5,7,11-15,17-18,22-38,42-45H2,1-3H3,(H,73,87)(H,95,96)(H,97,98)(H,99,100)(H,101,102)(H,103,104)(H,105,106)(H,107,108)(H,109,110)(H,74,89,92)(H,75,90,93)(H,76,91,94)/t54-,55+,56-,57-,58+,59-,62-,63+,64-/m1/s1. The summed E-state index contributed by atoms with van der Waals surface area (Å²) in [6, 6.07) is 14.8. The summed E-state index contributed by atoms with van der Waals surface area (Å²) < 4.78 is 193. The largest absolute Gasteiger partial charge is 0.490 e. The van der Waals surface area contributed by atoms with Gasteiger partial charge in [-0.3, -0.25) is 84.6 Å². The monoisotopic (exact) mass is 2090 g/mol. The van der Waals surface area contributed by atoms with Crippen LogP contribution in [0.5, 0.6) is 0 Å². The summed E-state index contributed by atoms with van der Waals surface area (Å²) in [6.07, 6.45) is -5.95. The first-order chi connectivity index (χ1) is 64.1. The van der Waals surface area contributed by atoms with Crippen LogP contribution in [0.1, 0.15) is 137 Å². The van der Waals surface area contributed by atoms with E-state index in [0.717, 1.165) is 31.0 Å². The molecule has 8 unspecified atom stereocenters. The molecule has 56 nitrogen and oxygen atoms in total. The van der Waals surface area contributed by atoms with Gasteiger partial charge in [-0.05, 0) is 70.9 Å². The Bertz CT molecular complexity index is 5930. The van der Waals surface area contributed by atoms with Crippen molar-refractivity contribution in [3.05, 3.63) is 152 Å². The average molecular weight is 2090 g/mol. The van der Waals surface area contributed by atoms with Gasteiger partial charge in [0.05, 0.1) is 109 Å². The van der Waals surface area contributed by atoms with Gasteiger partial charge in [-0.2, -0.15) is 21.6 Å². The summed E-state index contributed by atoms with van der Waals surface area (Å²) in [4.78, 5) is 202. The zero-order valence-corrected chi connectivity index (χ0v) is 80.1. The average Bonchev–Trinajstić information content (AvgIpc) is 1.57. The number of amides is 2. The molecule has 6 aromatic rings. The fourth-order valence-corrected chi connectivity index (χ4v) is 23.5. The van der Waals surface area contributed by atoms with Crippen LogP contribution in [0.25, 0.3) is 22.5 Å². The van der Waals surface area contributed by atoms with E-state index in [-0.39, 0.29) is 158 Å². The van der Waals surface area contributed by atoms with Gasteiger partial charge >= 0.3 is 79.7 Å². The molecule has 136 heavy (non-hydrogen) atoms. The van der Waals surface area contributed by atoms with E-state index in [0.29, 0.717) is 67.8 Å². The van der Waals surface area contributed by atoms with Gasteiger partial charge in [0, 0.05) is 111 Å². The summed E-state index contributed by atoms with van der Waals surface area (Å²) in [5, 5.41) is 32.9. The number of ketones is 1. The van der Waals surface area contributed by atoms with Crippen LogP contribution in [0.2, 0.25) is 0 Å². The van der Waals surface area contributed by atoms with Crippen LogP contribution in [0.4, 0.5) is 5.69 Å². The van der Waals surface area contributed by atoms with Crippen LogP contribution in [0.3, 0.4) is 0 Å². The fourth-order valence-electron chi connectivity index (χ4n) is 14.0. The molecule has 0 spiro atoms. The minimum atomic E-state index is -6.57. The van der Waals surface area contributed by atoms with Gasteiger partial charge in [0.25, 0.3) is 16.7 Å². The molecule has 14 N–H and O–H groups in total. The molecule has 0 radical (unpaired) electrons. The van der Waals surface area contributed by atoms with Crippen molar-refractivity contribution in [3.8, 4) is 22.5 Å². The number of unbranched alkanes of at least 4 members (excludes halogenated alkanes) is 4. The minimum Gasteiger partial charge on any atom is -0.390 e. The van der Waals surface area contributed by atoms with Gasteiger partial charge in [0.15, 0.2) is 0 Å². The number of aromatic nitrogens is 9. The lowest BCUT2D eigenvalue weighted by atomic mass is 9.95. The number of nitrogens with one attached hydrogen (secondary N) is 4. The third-order valence-corrected chi connectivity index (χ3v) is 31.6. The topological polar surface area (TPSA) is 767 Å². The molecule has 17 atom stereocenters. The molecule has 0 saturated carbocycles. The van der Waals surface area contributed by atoms with E-state index in [1.165, 1.54) is 33.2 Å². The summed E-state index contributed by atoms with van der Waals surface area (Å²) in [7, 11) is -47.4. The zero-order valence-electron chi connectivity index (χ0n) is 72.9. The third-order valence-electron chi connectivity index (χ3n) is 20.4. The van der Waals surface area contributed by atoms with Crippen LogP contribution in [0.15, 0.2) is 95.9 Å². The van der Waals surface area contributed by atoms with Crippen molar-refractivity contribution in [2.45, 2.75) is 185 Å². The number of fused-ring (bicyclic) bond motifs is 5. The Labute approximate surface area is 770 Å². The van der Waals surface area contributed by atoms with Gasteiger partial charge in [0.2, 0.25) is 11.8 Å². The second-order valence-corrected chi connectivity index (χ2v) is 43.1. The van der Waals surface area contributed by atoms with E-state index in [1.54, 1.807) is 15.6 Å². The van der Waals surface area contributed by atoms with Gasteiger partial charge < -0.3 is 92.7 Å². The molecule has 3 saturated heterocycles. The molecule has 2 aromatic carbocycles. The maximum absolute atomic E-state index is 14.2. The van der Waals surface area contributed by atoms with Crippen molar-refractivity contribution in [3.63, 3.8) is 0 Å². The van der Waals surface area contributed by atoms with Crippen LogP contribution in [-0.2, 0) is 146 Å². The second-order valence-electron chi connectivity index (χ2n) is 30.9. The van der Waals surface area contributed by atoms with E-state index in [4.69, 9.17) is 51.3 Å². The smallest absolute Gasteiger partial charge is 0.390 e. The number of nitrogens with zero attached hydrogens (tertiary/aromatic N) is 7. The van der Waals surface area contributed by atoms with Gasteiger partial charge in [-0.15, -0.1) is 5.10 Å². The Morgan fingerprint density at radius 3 is 1.42 bits per heavy atom. The number of carbonyl (C=O) groups excluding carboxylic acids is 3. The highest BCUT2D eigenvalue weighted by Gasteiger charge is 2.51. The van der Waals surface area contributed by atoms with Gasteiger partial charge in [-0.25, -0.2) is 55.6 Å². The number of carbonyl (C=O) groups is 3. The highest BCUT2D eigenvalue weighted by Crippen LogP contribution is 2.75. The van der Waals surface area contributed by atoms with Crippen LogP contribution in [0, 0.1) is 20.8 Å². The number of aliphatic hydroxyl groups is 2. The fraction of sp³-hybridized carbons (Fsp3) is 0.597. The molecule has 10 rings (SSSR count). The first kappa shape index (κ1) is 111. The predicted octanol–water partition coefficient (Wildman–Crippen LogP) is 4.41. The SMILES string of the molecule is Cc1cn([C@@H]2C[C@H](O)[C@H](COP(=O)(O)OP(=O)(O)OP(=O)(O)OP(=O)(O)OP(=O)(O)OP(=O)(O)OCCCCCCNC(=O)CCCn3nnc4c3-c3ccccc3CN(C(=O)CCCCC(=O)CCCOCCOCCOCCOCCOP(=O)(O)OC[C@H]3O[C@@H](n5cc(C)c(=O)[nH]c5=O)C[C@H]3OP(=O)(O)OC[C@H]3O[C@@H](n5cc(C)c(=O)[nH]c5=O)C[C@H]3O)c3ccccc3-4)O2)c(=O)[nH]c1=O. The zero-order chi connectivity index (χ0) is 99.1. The van der Waals surface area contributed by atoms with Crippen molar-refractivity contribution in [1.82, 2.24) is 49.0 Å². The molecule has 8 heterocycles. The van der Waals surface area contributed by atoms with Gasteiger partial charge in [0.1, 0.15) is 54.6 Å². The lowest BCUT2D eigenvalue weighted by Gasteiger charge is -2.28. The molecular formula is C72H105N11O45P8. The van der Waals surface area contributed by atoms with Crippen LogP contribution in [-0.4, -0.2) is 240 Å². The lowest BCUT2D eigenvalue weighted by Crippen LogP contribution is -2.33. The minimum absolute atomic E-state index is 0.00549. The number of aliphatic hydroxyl groups excluding tert-OH is 2. The molecular weight excluding hydrogens is 1990 g/mol. The number of para-hydroxylation sites is 1. The number of rotatable bonds is 58. The molecule has 758 valence electrons. The molecule has 4 aliphatic heterocycles. The van der Waals surface area contributed by atoms with E-state index >= 15 is 0 Å². The molecule has 2 amide bonds. The Morgan fingerprint density at radius 2 is 0.875 bits per heavy atom. The normalized spacial score (nSPS) is 22.4. The quantitative estimate of drug-likeness (QED) is 0.0186.